The standard InChI is InChI=1S/C14H17NO/c1-9-4-5-13-8-12(10(2)11(3)16)6-7-14(13)15-9/h4-8,10-11,16H,1-3H3. The largest absolute Gasteiger partial charge is 0.393 e. The number of benzene rings is 1. The molecular formula is C14H17NO. The van der Waals surface area contributed by atoms with Gasteiger partial charge in [-0.05, 0) is 37.6 Å². The molecule has 2 heteroatoms. The molecule has 16 heavy (non-hydrogen) atoms. The van der Waals surface area contributed by atoms with Crippen molar-refractivity contribution < 1.29 is 5.11 Å². The highest BCUT2D eigenvalue weighted by molar-refractivity contribution is 5.79. The van der Waals surface area contributed by atoms with Crippen molar-refractivity contribution in [2.45, 2.75) is 32.8 Å². The van der Waals surface area contributed by atoms with Gasteiger partial charge < -0.3 is 5.11 Å². The highest BCUT2D eigenvalue weighted by atomic mass is 16.3. The summed E-state index contributed by atoms with van der Waals surface area (Å²) in [5.74, 6) is 0.158. The zero-order chi connectivity index (χ0) is 11.7. The Bertz CT molecular complexity index is 505. The van der Waals surface area contributed by atoms with Gasteiger partial charge in [0.15, 0.2) is 0 Å². The van der Waals surface area contributed by atoms with Crippen LogP contribution in [0.4, 0.5) is 0 Å². The summed E-state index contributed by atoms with van der Waals surface area (Å²) in [4.78, 5) is 4.46. The third-order valence-corrected chi connectivity index (χ3v) is 3.10. The van der Waals surface area contributed by atoms with Crippen LogP contribution in [0.25, 0.3) is 10.9 Å². The van der Waals surface area contributed by atoms with Gasteiger partial charge in [0.25, 0.3) is 0 Å². The second-order valence-electron chi connectivity index (χ2n) is 4.43. The monoisotopic (exact) mass is 215 g/mol. The quantitative estimate of drug-likeness (QED) is 0.835. The number of aryl methyl sites for hydroxylation is 1. The average Bonchev–Trinajstić information content (AvgIpc) is 2.27. The van der Waals surface area contributed by atoms with Crippen LogP contribution in [0.2, 0.25) is 0 Å². The van der Waals surface area contributed by atoms with Crippen molar-refractivity contribution in [1.82, 2.24) is 4.98 Å². The summed E-state index contributed by atoms with van der Waals surface area (Å²) in [6.45, 7) is 5.85. The first-order valence-electron chi connectivity index (χ1n) is 5.63. The fourth-order valence-corrected chi connectivity index (χ4v) is 1.81. The Morgan fingerprint density at radius 1 is 1.12 bits per heavy atom. The number of aromatic nitrogens is 1. The van der Waals surface area contributed by atoms with E-state index < -0.39 is 0 Å². The Balaban J connectivity index is 2.48. The van der Waals surface area contributed by atoms with E-state index in [1.54, 1.807) is 0 Å². The van der Waals surface area contributed by atoms with E-state index in [-0.39, 0.29) is 12.0 Å². The minimum Gasteiger partial charge on any atom is -0.393 e. The first-order valence-corrected chi connectivity index (χ1v) is 5.63. The first-order chi connectivity index (χ1) is 7.58. The molecule has 0 aliphatic rings. The molecule has 2 nitrogen and oxygen atoms in total. The molecule has 84 valence electrons. The van der Waals surface area contributed by atoms with Crippen LogP contribution < -0.4 is 0 Å². The van der Waals surface area contributed by atoms with Crippen LogP contribution in [-0.4, -0.2) is 16.2 Å². The van der Waals surface area contributed by atoms with E-state index in [1.807, 2.05) is 39.0 Å². The Morgan fingerprint density at radius 3 is 2.56 bits per heavy atom. The minimum atomic E-state index is -0.323. The summed E-state index contributed by atoms with van der Waals surface area (Å²) < 4.78 is 0. The Morgan fingerprint density at radius 2 is 1.88 bits per heavy atom. The summed E-state index contributed by atoms with van der Waals surface area (Å²) in [5.41, 5.74) is 3.21. The topological polar surface area (TPSA) is 33.1 Å². The molecule has 2 unspecified atom stereocenters. The van der Waals surface area contributed by atoms with Gasteiger partial charge in [-0.1, -0.05) is 19.1 Å². The highest BCUT2D eigenvalue weighted by Gasteiger charge is 2.11. The van der Waals surface area contributed by atoms with Gasteiger partial charge in [-0.25, -0.2) is 0 Å². The Kier molecular flexibility index (Phi) is 2.92. The van der Waals surface area contributed by atoms with E-state index in [4.69, 9.17) is 0 Å². The van der Waals surface area contributed by atoms with Crippen LogP contribution in [0.15, 0.2) is 30.3 Å². The maximum atomic E-state index is 9.57. The number of aliphatic hydroxyl groups excluding tert-OH is 1. The fraction of sp³-hybridized carbons (Fsp3) is 0.357. The molecule has 0 saturated carbocycles. The molecule has 0 bridgehead atoms. The van der Waals surface area contributed by atoms with E-state index >= 15 is 0 Å². The van der Waals surface area contributed by atoms with Crippen LogP contribution in [0.3, 0.4) is 0 Å². The molecule has 1 aromatic carbocycles. The highest BCUT2D eigenvalue weighted by Crippen LogP contribution is 2.23. The van der Waals surface area contributed by atoms with Gasteiger partial charge in [0.2, 0.25) is 0 Å². The van der Waals surface area contributed by atoms with Crippen LogP contribution >= 0.6 is 0 Å². The van der Waals surface area contributed by atoms with E-state index in [9.17, 15) is 5.11 Å². The third kappa shape index (κ3) is 2.07. The van der Waals surface area contributed by atoms with Gasteiger partial charge in [0.1, 0.15) is 0 Å². The van der Waals surface area contributed by atoms with E-state index in [2.05, 4.69) is 17.1 Å². The van der Waals surface area contributed by atoms with Gasteiger partial charge >= 0.3 is 0 Å². The number of fused-ring (bicyclic) bond motifs is 1. The second-order valence-corrected chi connectivity index (χ2v) is 4.43. The lowest BCUT2D eigenvalue weighted by atomic mass is 9.95. The van der Waals surface area contributed by atoms with Crippen molar-refractivity contribution in [2.24, 2.45) is 0 Å². The van der Waals surface area contributed by atoms with Crippen molar-refractivity contribution in [3.05, 3.63) is 41.6 Å². The molecule has 2 atom stereocenters. The van der Waals surface area contributed by atoms with Gasteiger partial charge in [-0.15, -0.1) is 0 Å². The lowest BCUT2D eigenvalue weighted by molar-refractivity contribution is 0.169. The summed E-state index contributed by atoms with van der Waals surface area (Å²) in [6.07, 6.45) is -0.323. The number of hydrogen-bond donors (Lipinski definition) is 1. The third-order valence-electron chi connectivity index (χ3n) is 3.10. The van der Waals surface area contributed by atoms with Crippen molar-refractivity contribution in [3.8, 4) is 0 Å². The molecular weight excluding hydrogens is 198 g/mol. The molecule has 0 amide bonds. The summed E-state index contributed by atoms with van der Waals surface area (Å²) >= 11 is 0. The lowest BCUT2D eigenvalue weighted by Crippen LogP contribution is -2.10. The molecule has 0 aliphatic heterocycles. The van der Waals surface area contributed by atoms with Crippen LogP contribution in [-0.2, 0) is 0 Å². The number of rotatable bonds is 2. The maximum Gasteiger partial charge on any atom is 0.0705 e. The molecule has 1 heterocycles. The fourth-order valence-electron chi connectivity index (χ4n) is 1.81. The summed E-state index contributed by atoms with van der Waals surface area (Å²) in [6, 6.07) is 10.3. The van der Waals surface area contributed by atoms with Crippen molar-refractivity contribution in [2.75, 3.05) is 0 Å². The van der Waals surface area contributed by atoms with Gasteiger partial charge in [0.05, 0.1) is 11.6 Å². The second kappa shape index (κ2) is 4.22. The SMILES string of the molecule is Cc1ccc2cc(C(C)C(C)O)ccc2n1. The normalized spacial score (nSPS) is 15.0. The molecule has 0 radical (unpaired) electrons. The van der Waals surface area contributed by atoms with Crippen LogP contribution in [0.5, 0.6) is 0 Å². The molecule has 0 aliphatic carbocycles. The van der Waals surface area contributed by atoms with E-state index in [1.165, 1.54) is 0 Å². The lowest BCUT2D eigenvalue weighted by Gasteiger charge is -2.15. The van der Waals surface area contributed by atoms with Crippen LogP contribution in [0.1, 0.15) is 31.0 Å². The number of aliphatic hydroxyl groups is 1. The van der Waals surface area contributed by atoms with Crippen molar-refractivity contribution in [1.29, 1.82) is 0 Å². The maximum absolute atomic E-state index is 9.57. The summed E-state index contributed by atoms with van der Waals surface area (Å²) in [7, 11) is 0. The smallest absolute Gasteiger partial charge is 0.0705 e. The zero-order valence-electron chi connectivity index (χ0n) is 9.94. The van der Waals surface area contributed by atoms with Gasteiger partial charge in [-0.3, -0.25) is 4.98 Å². The molecule has 2 rings (SSSR count). The molecule has 2 aromatic rings. The number of hydrogen-bond acceptors (Lipinski definition) is 2. The predicted octanol–water partition coefficient (Wildman–Crippen LogP) is 3.03. The van der Waals surface area contributed by atoms with Crippen molar-refractivity contribution in [3.63, 3.8) is 0 Å². The predicted molar refractivity (Wildman–Crippen MR) is 66.6 cm³/mol. The summed E-state index contributed by atoms with van der Waals surface area (Å²) in [5, 5.41) is 10.7. The first kappa shape index (κ1) is 11.1. The van der Waals surface area contributed by atoms with Gasteiger partial charge in [0, 0.05) is 17.0 Å². The van der Waals surface area contributed by atoms with E-state index in [0.717, 1.165) is 22.2 Å². The Labute approximate surface area is 96.0 Å². The average molecular weight is 215 g/mol. The van der Waals surface area contributed by atoms with E-state index in [0.29, 0.717) is 0 Å². The molecule has 0 saturated heterocycles. The molecule has 0 fully saturated rings. The van der Waals surface area contributed by atoms with Crippen LogP contribution in [0, 0.1) is 6.92 Å². The Hall–Kier alpha value is -1.41. The molecule has 1 N–H and O–H groups in total. The van der Waals surface area contributed by atoms with Gasteiger partial charge in [-0.2, -0.15) is 0 Å². The number of nitrogens with zero attached hydrogens (tertiary/aromatic N) is 1. The van der Waals surface area contributed by atoms with Crippen molar-refractivity contribution >= 4 is 10.9 Å². The zero-order valence-corrected chi connectivity index (χ0v) is 9.94. The number of pyridine rings is 1. The molecule has 1 aromatic heterocycles. The molecule has 0 spiro atoms. The minimum absolute atomic E-state index is 0.158.